The molecule has 0 saturated heterocycles. The highest BCUT2D eigenvalue weighted by molar-refractivity contribution is 5.99. The van der Waals surface area contributed by atoms with E-state index in [-0.39, 0.29) is 12.5 Å². The summed E-state index contributed by atoms with van der Waals surface area (Å²) in [5.74, 6) is 0.476. The third-order valence-corrected chi connectivity index (χ3v) is 3.94. The number of aromatic nitrogens is 2. The largest absolute Gasteiger partial charge is 0.491 e. The number of H-pyrrole nitrogens is 1. The number of benzene rings is 1. The summed E-state index contributed by atoms with van der Waals surface area (Å²) in [4.78, 5) is 19.4. The molecule has 1 aliphatic rings. The van der Waals surface area contributed by atoms with E-state index < -0.39 is 0 Å². The number of carbonyl (C=O) groups excluding carboxylic acids is 1. The van der Waals surface area contributed by atoms with E-state index in [4.69, 9.17) is 4.74 Å². The molecule has 3 aromatic rings. The molecule has 0 radical (unpaired) electrons. The Morgan fingerprint density at radius 3 is 3.00 bits per heavy atom. The maximum atomic E-state index is 12.0. The van der Waals surface area contributed by atoms with Gasteiger partial charge in [0.25, 0.3) is 5.91 Å². The minimum atomic E-state index is -0.114. The van der Waals surface area contributed by atoms with E-state index in [1.165, 1.54) is 0 Å². The van der Waals surface area contributed by atoms with Crippen molar-refractivity contribution in [2.45, 2.75) is 6.61 Å². The van der Waals surface area contributed by atoms with Gasteiger partial charge in [0, 0.05) is 17.1 Å². The van der Waals surface area contributed by atoms with Crippen LogP contribution in [0.4, 0.5) is 0 Å². The van der Waals surface area contributed by atoms with Crippen molar-refractivity contribution in [3.63, 3.8) is 0 Å². The van der Waals surface area contributed by atoms with Gasteiger partial charge < -0.3 is 20.1 Å². The van der Waals surface area contributed by atoms with E-state index in [0.29, 0.717) is 30.2 Å². The maximum absolute atomic E-state index is 12.0. The normalized spacial score (nSPS) is 14.0. The number of hydrogen-bond donors (Lipinski definition) is 3. The predicted molar refractivity (Wildman–Crippen MR) is 85.3 cm³/mol. The van der Waals surface area contributed by atoms with Crippen molar-refractivity contribution in [2.24, 2.45) is 0 Å². The fraction of sp³-hybridized carbons (Fsp3) is 0.176. The number of nitrogens with one attached hydrogen (secondary N) is 2. The molecule has 3 N–H and O–H groups in total. The fourth-order valence-electron chi connectivity index (χ4n) is 2.79. The van der Waals surface area contributed by atoms with Gasteiger partial charge in [-0.05, 0) is 29.8 Å². The van der Waals surface area contributed by atoms with Gasteiger partial charge >= 0.3 is 0 Å². The zero-order valence-electron chi connectivity index (χ0n) is 12.3. The number of aliphatic hydroxyl groups excluding tert-OH is 1. The lowest BCUT2D eigenvalue weighted by Crippen LogP contribution is -2.24. The number of pyridine rings is 1. The third-order valence-electron chi connectivity index (χ3n) is 3.94. The van der Waals surface area contributed by atoms with E-state index in [1.807, 2.05) is 24.4 Å². The number of hydrogen-bond acceptors (Lipinski definition) is 4. The van der Waals surface area contributed by atoms with Gasteiger partial charge in [0.1, 0.15) is 18.0 Å². The number of carbonyl (C=O) groups is 1. The Hall–Kier alpha value is -2.86. The third kappa shape index (κ3) is 2.33. The summed E-state index contributed by atoms with van der Waals surface area (Å²) in [5.41, 5.74) is 3.82. The van der Waals surface area contributed by atoms with Crippen LogP contribution in [0, 0.1) is 0 Å². The van der Waals surface area contributed by atoms with Crippen LogP contribution < -0.4 is 10.1 Å². The molecule has 0 unspecified atom stereocenters. The lowest BCUT2D eigenvalue weighted by molar-refractivity contribution is 0.0957. The molecule has 0 bridgehead atoms. The number of amides is 1. The first-order chi connectivity index (χ1) is 11.3. The van der Waals surface area contributed by atoms with Gasteiger partial charge in [0.05, 0.1) is 24.4 Å². The lowest BCUT2D eigenvalue weighted by atomic mass is 10.0. The van der Waals surface area contributed by atoms with Crippen LogP contribution in [0.1, 0.15) is 16.1 Å². The van der Waals surface area contributed by atoms with E-state index in [9.17, 15) is 9.90 Å². The van der Waals surface area contributed by atoms with Crippen molar-refractivity contribution in [1.82, 2.24) is 15.3 Å². The quantitative estimate of drug-likeness (QED) is 0.674. The summed E-state index contributed by atoms with van der Waals surface area (Å²) in [6.45, 7) is 0.868. The molecule has 1 aliphatic heterocycles. The summed E-state index contributed by atoms with van der Waals surface area (Å²) in [5, 5.41) is 12.9. The average Bonchev–Trinajstić information content (AvgIpc) is 2.92. The maximum Gasteiger partial charge on any atom is 0.255 e. The highest BCUT2D eigenvalue weighted by Gasteiger charge is 2.18. The Morgan fingerprint density at radius 1 is 1.22 bits per heavy atom. The Kier molecular flexibility index (Phi) is 3.24. The van der Waals surface area contributed by atoms with Crippen molar-refractivity contribution in [2.75, 3.05) is 13.2 Å². The van der Waals surface area contributed by atoms with Gasteiger partial charge in [-0.15, -0.1) is 0 Å². The smallest absolute Gasteiger partial charge is 0.255 e. The fourth-order valence-corrected chi connectivity index (χ4v) is 2.79. The summed E-state index contributed by atoms with van der Waals surface area (Å²) in [6, 6.07) is 9.28. The van der Waals surface area contributed by atoms with Crippen LogP contribution in [-0.2, 0) is 6.61 Å². The second kappa shape index (κ2) is 5.40. The molecular weight excluding hydrogens is 294 g/mol. The number of nitrogens with zero attached hydrogens (tertiary/aromatic N) is 1. The predicted octanol–water partition coefficient (Wildman–Crippen LogP) is 1.84. The van der Waals surface area contributed by atoms with Crippen molar-refractivity contribution >= 4 is 16.9 Å². The average molecular weight is 309 g/mol. The molecule has 4 rings (SSSR count). The second-order valence-corrected chi connectivity index (χ2v) is 5.37. The molecule has 2 aromatic heterocycles. The first-order valence-electron chi connectivity index (χ1n) is 7.39. The van der Waals surface area contributed by atoms with Gasteiger partial charge in [0.2, 0.25) is 0 Å². The van der Waals surface area contributed by atoms with E-state index in [0.717, 1.165) is 22.2 Å². The molecule has 1 amide bonds. The second-order valence-electron chi connectivity index (χ2n) is 5.37. The zero-order chi connectivity index (χ0) is 15.8. The summed E-state index contributed by atoms with van der Waals surface area (Å²) >= 11 is 0. The van der Waals surface area contributed by atoms with Crippen LogP contribution in [0.15, 0.2) is 36.5 Å². The topological polar surface area (TPSA) is 87.2 Å². The molecule has 0 spiro atoms. The minimum Gasteiger partial charge on any atom is -0.491 e. The Morgan fingerprint density at radius 2 is 2.13 bits per heavy atom. The molecule has 1 aromatic carbocycles. The van der Waals surface area contributed by atoms with Crippen LogP contribution in [0.25, 0.3) is 22.2 Å². The Labute approximate surface area is 132 Å². The molecule has 0 saturated carbocycles. The SMILES string of the molecule is O=C1NCCOc2cc(-c3c[nH]c4nc(CO)ccc34)ccc21. The lowest BCUT2D eigenvalue weighted by Gasteiger charge is -2.08. The monoisotopic (exact) mass is 309 g/mol. The first kappa shape index (κ1) is 13.8. The van der Waals surface area contributed by atoms with Gasteiger partial charge in [-0.2, -0.15) is 0 Å². The minimum absolute atomic E-state index is 0.0912. The summed E-state index contributed by atoms with van der Waals surface area (Å²) < 4.78 is 5.66. The summed E-state index contributed by atoms with van der Waals surface area (Å²) in [6.07, 6.45) is 1.87. The molecule has 6 nitrogen and oxygen atoms in total. The molecular formula is C17H15N3O3. The van der Waals surface area contributed by atoms with E-state index in [1.54, 1.807) is 12.1 Å². The highest BCUT2D eigenvalue weighted by Crippen LogP contribution is 2.32. The molecule has 0 aliphatic carbocycles. The first-order valence-corrected chi connectivity index (χ1v) is 7.39. The number of fused-ring (bicyclic) bond motifs is 2. The molecule has 23 heavy (non-hydrogen) atoms. The van der Waals surface area contributed by atoms with Crippen LogP contribution in [0.2, 0.25) is 0 Å². The number of aromatic amines is 1. The van der Waals surface area contributed by atoms with Gasteiger partial charge in [0.15, 0.2) is 0 Å². The molecule has 0 fully saturated rings. The van der Waals surface area contributed by atoms with E-state index in [2.05, 4.69) is 15.3 Å². The van der Waals surface area contributed by atoms with Crippen molar-refractivity contribution < 1.29 is 14.6 Å². The Bertz CT molecular complexity index is 901. The molecule has 0 atom stereocenters. The van der Waals surface area contributed by atoms with Crippen LogP contribution in [0.3, 0.4) is 0 Å². The van der Waals surface area contributed by atoms with Crippen molar-refractivity contribution in [3.05, 3.63) is 47.8 Å². The van der Waals surface area contributed by atoms with Crippen LogP contribution >= 0.6 is 0 Å². The molecule has 3 heterocycles. The molecule has 116 valence electrons. The van der Waals surface area contributed by atoms with Crippen LogP contribution in [0.5, 0.6) is 5.75 Å². The van der Waals surface area contributed by atoms with Gasteiger partial charge in [-0.25, -0.2) is 4.98 Å². The van der Waals surface area contributed by atoms with E-state index >= 15 is 0 Å². The molecule has 6 heteroatoms. The highest BCUT2D eigenvalue weighted by atomic mass is 16.5. The summed E-state index contributed by atoms with van der Waals surface area (Å²) in [7, 11) is 0. The van der Waals surface area contributed by atoms with Crippen LogP contribution in [-0.4, -0.2) is 34.1 Å². The van der Waals surface area contributed by atoms with Crippen molar-refractivity contribution in [3.8, 4) is 16.9 Å². The number of aliphatic hydroxyl groups is 1. The number of rotatable bonds is 2. The van der Waals surface area contributed by atoms with Crippen molar-refractivity contribution in [1.29, 1.82) is 0 Å². The Balaban J connectivity index is 1.82. The van der Waals surface area contributed by atoms with Gasteiger partial charge in [-0.1, -0.05) is 6.07 Å². The zero-order valence-corrected chi connectivity index (χ0v) is 12.3. The van der Waals surface area contributed by atoms with Gasteiger partial charge in [-0.3, -0.25) is 4.79 Å². The number of ether oxygens (including phenoxy) is 1. The standard InChI is InChI=1S/C17H15N3O3/c21-9-11-2-4-12-14(8-19-16(12)20-11)10-1-3-13-15(7-10)23-6-5-18-17(13)22/h1-4,7-8,21H,5-6,9H2,(H,18,22)(H,19,20).